The molecule has 1 aromatic carbocycles. The van der Waals surface area contributed by atoms with Crippen LogP contribution in [-0.4, -0.2) is 55.9 Å². The van der Waals surface area contributed by atoms with Gasteiger partial charge in [0.05, 0.1) is 17.9 Å². The quantitative estimate of drug-likeness (QED) is 0.303. The molecule has 0 radical (unpaired) electrons. The molecule has 0 spiro atoms. The molecule has 4 N–H and O–H groups in total. The summed E-state index contributed by atoms with van der Waals surface area (Å²) in [4.78, 5) is 34.3. The maximum atomic E-state index is 12.7. The van der Waals surface area contributed by atoms with Gasteiger partial charge in [-0.1, -0.05) is 19.4 Å². The number of benzene rings is 1. The molecule has 0 saturated carbocycles. The van der Waals surface area contributed by atoms with Crippen molar-refractivity contribution in [3.05, 3.63) is 39.8 Å². The molecule has 1 aliphatic rings. The van der Waals surface area contributed by atoms with Crippen molar-refractivity contribution < 1.29 is 14.7 Å². The zero-order valence-corrected chi connectivity index (χ0v) is 19.0. The Kier molecular flexibility index (Phi) is 7.05. The number of hydrogen-bond donors (Lipinski definition) is 4. The third kappa shape index (κ3) is 4.91. The maximum Gasteiger partial charge on any atom is 0.277 e. The first kappa shape index (κ1) is 22.9. The summed E-state index contributed by atoms with van der Waals surface area (Å²) >= 11 is 0. The van der Waals surface area contributed by atoms with Gasteiger partial charge < -0.3 is 9.72 Å². The van der Waals surface area contributed by atoms with Crippen molar-refractivity contribution >= 4 is 16.9 Å². The van der Waals surface area contributed by atoms with Crippen molar-refractivity contribution in [3.8, 4) is 17.1 Å². The average molecular weight is 455 g/mol. The molecule has 4 rings (SSSR count). The Bertz CT molecular complexity index is 1180. The number of aromatic nitrogens is 4. The second-order valence-electron chi connectivity index (χ2n) is 8.35. The number of rotatable bonds is 8. The van der Waals surface area contributed by atoms with Gasteiger partial charge in [-0.25, -0.2) is 10.5 Å². The van der Waals surface area contributed by atoms with Crippen molar-refractivity contribution in [2.45, 2.75) is 46.1 Å². The van der Waals surface area contributed by atoms with Crippen molar-refractivity contribution in [1.29, 1.82) is 0 Å². The number of piperidine rings is 1. The summed E-state index contributed by atoms with van der Waals surface area (Å²) < 4.78 is 5.83. The summed E-state index contributed by atoms with van der Waals surface area (Å²) in [5.74, 6) is 0.637. The molecule has 3 heterocycles. The first-order valence-corrected chi connectivity index (χ1v) is 11.4. The van der Waals surface area contributed by atoms with Crippen LogP contribution in [0.4, 0.5) is 0 Å². The zero-order valence-electron chi connectivity index (χ0n) is 19.0. The Morgan fingerprint density at radius 2 is 2.09 bits per heavy atom. The van der Waals surface area contributed by atoms with Gasteiger partial charge in [-0.05, 0) is 57.0 Å². The molecular weight excluding hydrogens is 424 g/mol. The van der Waals surface area contributed by atoms with Crippen LogP contribution in [0.2, 0.25) is 0 Å². The lowest BCUT2D eigenvalue weighted by Crippen LogP contribution is -2.39. The van der Waals surface area contributed by atoms with Gasteiger partial charge in [0.2, 0.25) is 5.91 Å². The number of carbonyl (C=O) groups excluding carboxylic acids is 1. The number of fused-ring (bicyclic) bond motifs is 1. The van der Waals surface area contributed by atoms with Crippen molar-refractivity contribution in [1.82, 2.24) is 30.5 Å². The van der Waals surface area contributed by atoms with E-state index in [2.05, 4.69) is 27.0 Å². The van der Waals surface area contributed by atoms with Crippen LogP contribution >= 0.6 is 0 Å². The number of aryl methyl sites for hydroxylation is 1. The molecule has 10 heteroatoms. The number of nitrogens with one attached hydrogen (secondary N) is 3. The Balaban J connectivity index is 1.63. The Labute approximate surface area is 191 Å². The van der Waals surface area contributed by atoms with Crippen molar-refractivity contribution in [2.75, 3.05) is 19.7 Å². The molecular formula is C23H30N6O4. The lowest BCUT2D eigenvalue weighted by molar-refractivity contribution is -0.134. The normalized spacial score (nSPS) is 15.1. The predicted molar refractivity (Wildman–Crippen MR) is 123 cm³/mol. The van der Waals surface area contributed by atoms with Crippen LogP contribution in [0.15, 0.2) is 23.0 Å². The van der Waals surface area contributed by atoms with Crippen LogP contribution in [0.1, 0.15) is 44.4 Å². The highest BCUT2D eigenvalue weighted by Gasteiger charge is 2.25. The molecule has 0 bridgehead atoms. The molecule has 1 aliphatic heterocycles. The van der Waals surface area contributed by atoms with E-state index >= 15 is 0 Å². The van der Waals surface area contributed by atoms with Crippen molar-refractivity contribution in [3.63, 3.8) is 0 Å². The van der Waals surface area contributed by atoms with Gasteiger partial charge in [-0.2, -0.15) is 5.10 Å². The summed E-state index contributed by atoms with van der Waals surface area (Å²) in [5.41, 5.74) is 5.03. The summed E-state index contributed by atoms with van der Waals surface area (Å²) in [5, 5.41) is 15.9. The first-order valence-electron chi connectivity index (χ1n) is 11.4. The lowest BCUT2D eigenvalue weighted by atomic mass is 9.96. The van der Waals surface area contributed by atoms with Crippen LogP contribution < -0.4 is 15.8 Å². The van der Waals surface area contributed by atoms with Crippen LogP contribution in [0.5, 0.6) is 5.75 Å². The van der Waals surface area contributed by atoms with Crippen LogP contribution in [0.3, 0.4) is 0 Å². The molecule has 0 atom stereocenters. The molecule has 0 aliphatic carbocycles. The number of ether oxygens (including phenoxy) is 1. The average Bonchev–Trinajstić information content (AvgIpc) is 3.24. The molecule has 0 unspecified atom stereocenters. The van der Waals surface area contributed by atoms with Crippen LogP contribution in [0.25, 0.3) is 22.4 Å². The third-order valence-corrected chi connectivity index (χ3v) is 6.06. The van der Waals surface area contributed by atoms with E-state index < -0.39 is 0 Å². The molecule has 2 aromatic heterocycles. The summed E-state index contributed by atoms with van der Waals surface area (Å²) in [6.45, 7) is 6.69. The molecule has 1 saturated heterocycles. The lowest BCUT2D eigenvalue weighted by Gasteiger charge is -2.31. The third-order valence-electron chi connectivity index (χ3n) is 6.06. The topological polar surface area (TPSA) is 136 Å². The highest BCUT2D eigenvalue weighted by Crippen LogP contribution is 2.30. The van der Waals surface area contributed by atoms with E-state index in [4.69, 9.17) is 14.9 Å². The summed E-state index contributed by atoms with van der Waals surface area (Å²) in [7, 11) is 0. The van der Waals surface area contributed by atoms with E-state index in [1.54, 1.807) is 5.48 Å². The number of carbonyl (C=O) groups is 1. The number of nitrogens with zero attached hydrogens (tertiary/aromatic N) is 3. The second kappa shape index (κ2) is 10.1. The van der Waals surface area contributed by atoms with E-state index in [9.17, 15) is 9.59 Å². The molecule has 3 aromatic rings. The smallest absolute Gasteiger partial charge is 0.277 e. The van der Waals surface area contributed by atoms with Gasteiger partial charge in [0.1, 0.15) is 22.6 Å². The minimum absolute atomic E-state index is 0.157. The minimum atomic E-state index is -0.315. The molecule has 33 heavy (non-hydrogen) atoms. The monoisotopic (exact) mass is 454 g/mol. The van der Waals surface area contributed by atoms with E-state index in [-0.39, 0.29) is 17.4 Å². The SMILES string of the molecule is CCCc1n[nH]c2c(=O)[nH]c(-c3cc(CN4CCC(C(=O)NO)CC4)ccc3OCC)nc12. The number of likely N-dealkylation sites (tertiary alicyclic amines) is 1. The number of hydroxylamine groups is 1. The molecule has 1 amide bonds. The fourth-order valence-corrected chi connectivity index (χ4v) is 4.35. The fraction of sp³-hybridized carbons (Fsp3) is 0.478. The van der Waals surface area contributed by atoms with E-state index in [0.29, 0.717) is 48.6 Å². The second-order valence-corrected chi connectivity index (χ2v) is 8.35. The standard InChI is InChI=1S/C23H30N6O4/c1-3-5-17-19-20(27-26-17)23(31)25-21(24-19)16-12-14(6-7-18(16)33-4-2)13-29-10-8-15(9-11-29)22(30)28-32/h6-7,12,15,32H,3-5,8-11,13H2,1-2H3,(H,26,27)(H,28,30)(H,24,25,31). The van der Waals surface area contributed by atoms with Crippen LogP contribution in [0, 0.1) is 5.92 Å². The van der Waals surface area contributed by atoms with Crippen LogP contribution in [-0.2, 0) is 17.8 Å². The van der Waals surface area contributed by atoms with Gasteiger partial charge in [-0.3, -0.25) is 24.8 Å². The van der Waals surface area contributed by atoms with E-state index in [1.165, 1.54) is 0 Å². The van der Waals surface area contributed by atoms with Gasteiger partial charge in [0.15, 0.2) is 0 Å². The number of aromatic amines is 2. The Morgan fingerprint density at radius 1 is 1.30 bits per heavy atom. The maximum absolute atomic E-state index is 12.7. The zero-order chi connectivity index (χ0) is 23.4. The molecule has 1 fully saturated rings. The molecule has 176 valence electrons. The van der Waals surface area contributed by atoms with Gasteiger partial charge in [0.25, 0.3) is 5.56 Å². The van der Waals surface area contributed by atoms with Gasteiger partial charge in [-0.15, -0.1) is 0 Å². The van der Waals surface area contributed by atoms with E-state index in [1.807, 2.05) is 25.1 Å². The fourth-order valence-electron chi connectivity index (χ4n) is 4.35. The number of amides is 1. The summed E-state index contributed by atoms with van der Waals surface area (Å²) in [6.07, 6.45) is 3.03. The van der Waals surface area contributed by atoms with Gasteiger partial charge in [0, 0.05) is 12.5 Å². The number of H-pyrrole nitrogens is 2. The van der Waals surface area contributed by atoms with Crippen molar-refractivity contribution in [2.24, 2.45) is 5.92 Å². The van der Waals surface area contributed by atoms with E-state index in [0.717, 1.165) is 42.8 Å². The summed E-state index contributed by atoms with van der Waals surface area (Å²) in [6, 6.07) is 5.92. The Morgan fingerprint density at radius 3 is 2.79 bits per heavy atom. The molecule has 10 nitrogen and oxygen atoms in total. The highest BCUT2D eigenvalue weighted by molar-refractivity contribution is 5.79. The van der Waals surface area contributed by atoms with Gasteiger partial charge >= 0.3 is 0 Å². The minimum Gasteiger partial charge on any atom is -0.493 e. The Hall–Kier alpha value is -3.24. The largest absolute Gasteiger partial charge is 0.493 e. The highest BCUT2D eigenvalue weighted by atomic mass is 16.5. The predicted octanol–water partition coefficient (Wildman–Crippen LogP) is 2.38. The number of hydrogen-bond acceptors (Lipinski definition) is 7. The first-order chi connectivity index (χ1) is 16.0.